The zero-order valence-electron chi connectivity index (χ0n) is 14.0. The van der Waals surface area contributed by atoms with Crippen molar-refractivity contribution in [1.82, 2.24) is 4.98 Å². The summed E-state index contributed by atoms with van der Waals surface area (Å²) in [6, 6.07) is 31.6. The van der Waals surface area contributed by atoms with Crippen LogP contribution in [0.5, 0.6) is 0 Å². The lowest BCUT2D eigenvalue weighted by Gasteiger charge is -2.09. The molecule has 0 saturated carbocycles. The minimum absolute atomic E-state index is 0.744. The molecule has 124 valence electrons. The van der Waals surface area contributed by atoms with Crippen molar-refractivity contribution in [3.8, 4) is 22.3 Å². The smallest absolute Gasteiger partial charge is 0.0544 e. The molecule has 0 spiro atoms. The van der Waals surface area contributed by atoms with E-state index in [0.717, 1.165) is 16.1 Å². The Bertz CT molecular complexity index is 1220. The minimum Gasteiger partial charge on any atom is -0.354 e. The Kier molecular flexibility index (Phi) is 3.55. The van der Waals surface area contributed by atoms with E-state index in [1.165, 1.54) is 33.0 Å². The van der Waals surface area contributed by atoms with Crippen LogP contribution >= 0.6 is 11.6 Å². The highest BCUT2D eigenvalue weighted by Crippen LogP contribution is 2.37. The van der Waals surface area contributed by atoms with Gasteiger partial charge in [-0.15, -0.1) is 0 Å². The molecule has 0 atom stereocenters. The summed E-state index contributed by atoms with van der Waals surface area (Å²) in [4.78, 5) is 3.58. The van der Waals surface area contributed by atoms with E-state index in [1.807, 2.05) is 24.3 Å². The van der Waals surface area contributed by atoms with Crippen molar-refractivity contribution in [2.75, 3.05) is 0 Å². The number of hydrogen-bond donors (Lipinski definition) is 1. The summed E-state index contributed by atoms with van der Waals surface area (Å²) < 4.78 is 0. The molecule has 1 aromatic heterocycles. The maximum absolute atomic E-state index is 6.21. The van der Waals surface area contributed by atoms with E-state index in [1.54, 1.807) is 0 Å². The fourth-order valence-electron chi connectivity index (χ4n) is 3.62. The van der Waals surface area contributed by atoms with Gasteiger partial charge in [-0.2, -0.15) is 0 Å². The number of halogens is 1. The van der Waals surface area contributed by atoms with Crippen molar-refractivity contribution in [3.63, 3.8) is 0 Å². The molecule has 0 saturated heterocycles. The lowest BCUT2D eigenvalue weighted by atomic mass is 9.95. The van der Waals surface area contributed by atoms with E-state index < -0.39 is 0 Å². The Morgan fingerprint density at radius 2 is 1.27 bits per heavy atom. The Hall–Kier alpha value is -3.03. The van der Waals surface area contributed by atoms with Crippen molar-refractivity contribution in [2.45, 2.75) is 0 Å². The number of fused-ring (bicyclic) bond motifs is 3. The Labute approximate surface area is 156 Å². The van der Waals surface area contributed by atoms with Gasteiger partial charge in [-0.25, -0.2) is 0 Å². The van der Waals surface area contributed by atoms with E-state index >= 15 is 0 Å². The average Bonchev–Trinajstić information content (AvgIpc) is 3.06. The van der Waals surface area contributed by atoms with Crippen LogP contribution in [0.25, 0.3) is 44.1 Å². The first-order chi connectivity index (χ1) is 12.8. The van der Waals surface area contributed by atoms with Crippen molar-refractivity contribution < 1.29 is 0 Å². The SMILES string of the molecule is Clc1ccc2c(c1)[nH]c1c(-c3ccccc3)cc(-c3ccccc3)cc12. The van der Waals surface area contributed by atoms with Gasteiger partial charge in [0.25, 0.3) is 0 Å². The predicted molar refractivity (Wildman–Crippen MR) is 112 cm³/mol. The van der Waals surface area contributed by atoms with Gasteiger partial charge in [0.2, 0.25) is 0 Å². The van der Waals surface area contributed by atoms with Gasteiger partial charge < -0.3 is 4.98 Å². The van der Waals surface area contributed by atoms with Gasteiger partial charge in [-0.1, -0.05) is 78.3 Å². The van der Waals surface area contributed by atoms with Crippen LogP contribution in [0.2, 0.25) is 5.02 Å². The van der Waals surface area contributed by atoms with Crippen LogP contribution in [0, 0.1) is 0 Å². The summed E-state index contributed by atoms with van der Waals surface area (Å²) in [5.74, 6) is 0. The lowest BCUT2D eigenvalue weighted by molar-refractivity contribution is 1.53. The number of H-pyrrole nitrogens is 1. The largest absolute Gasteiger partial charge is 0.354 e. The fraction of sp³-hybridized carbons (Fsp3) is 0. The Morgan fingerprint density at radius 3 is 2.00 bits per heavy atom. The normalized spacial score (nSPS) is 11.3. The van der Waals surface area contributed by atoms with Gasteiger partial charge in [0.15, 0.2) is 0 Å². The number of nitrogens with one attached hydrogen (secondary N) is 1. The molecule has 0 radical (unpaired) electrons. The summed E-state index contributed by atoms with van der Waals surface area (Å²) in [7, 11) is 0. The van der Waals surface area contributed by atoms with Crippen LogP contribution < -0.4 is 0 Å². The zero-order chi connectivity index (χ0) is 17.5. The third-order valence-electron chi connectivity index (χ3n) is 4.86. The van der Waals surface area contributed by atoms with Gasteiger partial charge in [0.05, 0.1) is 5.52 Å². The number of rotatable bonds is 2. The molecule has 4 aromatic carbocycles. The quantitative estimate of drug-likeness (QED) is 0.342. The van der Waals surface area contributed by atoms with Crippen molar-refractivity contribution in [2.24, 2.45) is 0 Å². The fourth-order valence-corrected chi connectivity index (χ4v) is 3.79. The Morgan fingerprint density at radius 1 is 0.577 bits per heavy atom. The topological polar surface area (TPSA) is 15.8 Å². The number of aromatic amines is 1. The van der Waals surface area contributed by atoms with Crippen molar-refractivity contribution in [1.29, 1.82) is 0 Å². The maximum Gasteiger partial charge on any atom is 0.0544 e. The standard InChI is InChI=1S/C24H16ClN/c25-19-11-12-20-22-14-18(16-7-3-1-4-8-16)13-21(17-9-5-2-6-10-17)24(22)26-23(20)15-19/h1-15,26H. The summed E-state index contributed by atoms with van der Waals surface area (Å²) in [6.07, 6.45) is 0. The molecule has 0 bridgehead atoms. The summed E-state index contributed by atoms with van der Waals surface area (Å²) in [6.45, 7) is 0. The van der Waals surface area contributed by atoms with E-state index in [9.17, 15) is 0 Å². The molecule has 0 amide bonds. The zero-order valence-corrected chi connectivity index (χ0v) is 14.8. The van der Waals surface area contributed by atoms with Crippen molar-refractivity contribution in [3.05, 3.63) is 96.0 Å². The summed E-state index contributed by atoms with van der Waals surface area (Å²) in [5.41, 5.74) is 7.05. The van der Waals surface area contributed by atoms with Crippen LogP contribution in [0.4, 0.5) is 0 Å². The monoisotopic (exact) mass is 353 g/mol. The number of benzene rings is 4. The summed E-state index contributed by atoms with van der Waals surface area (Å²) >= 11 is 6.21. The number of hydrogen-bond acceptors (Lipinski definition) is 0. The molecule has 0 aliphatic rings. The third-order valence-corrected chi connectivity index (χ3v) is 5.10. The summed E-state index contributed by atoms with van der Waals surface area (Å²) in [5, 5.41) is 3.16. The molecule has 26 heavy (non-hydrogen) atoms. The van der Waals surface area contributed by atoms with Gasteiger partial charge in [0, 0.05) is 26.9 Å². The second kappa shape index (κ2) is 6.05. The first kappa shape index (κ1) is 15.2. The van der Waals surface area contributed by atoms with Gasteiger partial charge in [-0.3, -0.25) is 0 Å². The second-order valence-electron chi connectivity index (χ2n) is 6.49. The molecule has 0 fully saturated rings. The van der Waals surface area contributed by atoms with E-state index in [0.29, 0.717) is 0 Å². The molecule has 0 aliphatic heterocycles. The second-order valence-corrected chi connectivity index (χ2v) is 6.93. The highest BCUT2D eigenvalue weighted by atomic mass is 35.5. The highest BCUT2D eigenvalue weighted by Gasteiger charge is 2.13. The third kappa shape index (κ3) is 2.49. The lowest BCUT2D eigenvalue weighted by Crippen LogP contribution is -1.84. The molecule has 0 unspecified atom stereocenters. The van der Waals surface area contributed by atoms with E-state index in [2.05, 4.69) is 71.7 Å². The molecule has 0 aliphatic carbocycles. The first-order valence-electron chi connectivity index (χ1n) is 8.65. The molecular formula is C24H16ClN. The van der Waals surface area contributed by atoms with Crippen LogP contribution in [-0.4, -0.2) is 4.98 Å². The first-order valence-corrected chi connectivity index (χ1v) is 9.03. The van der Waals surface area contributed by atoms with E-state index in [4.69, 9.17) is 11.6 Å². The minimum atomic E-state index is 0.744. The molecular weight excluding hydrogens is 338 g/mol. The maximum atomic E-state index is 6.21. The average molecular weight is 354 g/mol. The Balaban J connectivity index is 1.90. The predicted octanol–water partition coefficient (Wildman–Crippen LogP) is 7.31. The van der Waals surface area contributed by atoms with Crippen LogP contribution in [-0.2, 0) is 0 Å². The van der Waals surface area contributed by atoms with Crippen LogP contribution in [0.1, 0.15) is 0 Å². The number of aromatic nitrogens is 1. The molecule has 5 rings (SSSR count). The van der Waals surface area contributed by atoms with Crippen molar-refractivity contribution >= 4 is 33.4 Å². The molecule has 1 nitrogen and oxygen atoms in total. The van der Waals surface area contributed by atoms with E-state index in [-0.39, 0.29) is 0 Å². The highest BCUT2D eigenvalue weighted by molar-refractivity contribution is 6.31. The van der Waals surface area contributed by atoms with Crippen LogP contribution in [0.3, 0.4) is 0 Å². The van der Waals surface area contributed by atoms with Gasteiger partial charge >= 0.3 is 0 Å². The molecule has 1 heterocycles. The van der Waals surface area contributed by atoms with Gasteiger partial charge in [0.1, 0.15) is 0 Å². The van der Waals surface area contributed by atoms with Crippen LogP contribution in [0.15, 0.2) is 91.0 Å². The van der Waals surface area contributed by atoms with Gasteiger partial charge in [-0.05, 0) is 41.0 Å². The molecule has 5 aromatic rings. The molecule has 2 heteroatoms. The molecule has 1 N–H and O–H groups in total.